The smallest absolute Gasteiger partial charge is 0.287 e. The highest BCUT2D eigenvalue weighted by Crippen LogP contribution is 2.44. The molecule has 8 nitrogen and oxygen atoms in total. The maximum atomic E-state index is 14.0. The zero-order chi connectivity index (χ0) is 25.6. The second-order valence-electron chi connectivity index (χ2n) is 10.4. The summed E-state index contributed by atoms with van der Waals surface area (Å²) in [5, 5.41) is 4.98. The Labute approximate surface area is 209 Å². The molecule has 188 valence electrons. The number of carbonyl (C=O) groups is 2. The lowest BCUT2D eigenvalue weighted by Gasteiger charge is -2.39. The van der Waals surface area contributed by atoms with Gasteiger partial charge in [0.05, 0.1) is 12.0 Å². The van der Waals surface area contributed by atoms with Crippen molar-refractivity contribution in [1.29, 1.82) is 0 Å². The van der Waals surface area contributed by atoms with Gasteiger partial charge < -0.3 is 14.8 Å². The molecule has 2 atom stereocenters. The molecule has 0 saturated carbocycles. The maximum absolute atomic E-state index is 14.0. The molecule has 0 bridgehead atoms. The zero-order valence-corrected chi connectivity index (χ0v) is 22.1. The molecule has 1 aromatic carbocycles. The summed E-state index contributed by atoms with van der Waals surface area (Å²) in [6.45, 7) is 8.20. The molecular formula is C25H30N2O6S2. The lowest BCUT2D eigenvalue weighted by Crippen LogP contribution is -2.51. The number of methoxy groups -OCH3 is 1. The Balaban J connectivity index is 1.75. The number of fused-ring (bicyclic) bond motifs is 2. The molecule has 0 amide bonds. The van der Waals surface area contributed by atoms with Gasteiger partial charge in [-0.25, -0.2) is 0 Å². The Hall–Kier alpha value is -2.40. The van der Waals surface area contributed by atoms with E-state index in [1.54, 1.807) is 17.5 Å². The van der Waals surface area contributed by atoms with Gasteiger partial charge in [0.15, 0.2) is 11.6 Å². The van der Waals surface area contributed by atoms with Crippen LogP contribution in [0.4, 0.5) is 5.00 Å². The minimum atomic E-state index is -4.15. The van der Waals surface area contributed by atoms with Gasteiger partial charge in [-0.15, -0.1) is 15.7 Å². The van der Waals surface area contributed by atoms with E-state index < -0.39 is 27.1 Å². The summed E-state index contributed by atoms with van der Waals surface area (Å²) >= 11 is 1.17. The SMILES string of the molecule is COCOCc1csc2c1S(=O)(=O)N=C(C1C(=O)c3ccccc3[C@@](C)(CCC(C)(C)C)C1=O)N2. The van der Waals surface area contributed by atoms with Gasteiger partial charge in [0, 0.05) is 18.2 Å². The summed E-state index contributed by atoms with van der Waals surface area (Å²) in [4.78, 5) is 27.5. The number of ketones is 2. The predicted octanol–water partition coefficient (Wildman–Crippen LogP) is 4.55. The second-order valence-corrected chi connectivity index (χ2v) is 12.8. The molecule has 0 spiro atoms. The van der Waals surface area contributed by atoms with Crippen LogP contribution >= 0.6 is 11.3 Å². The number of Topliss-reactive ketones (excluding diaryl/α,β-unsaturated/α-hetero) is 2. The van der Waals surface area contributed by atoms with Crippen molar-refractivity contribution >= 4 is 43.8 Å². The Morgan fingerprint density at radius 2 is 1.91 bits per heavy atom. The fourth-order valence-electron chi connectivity index (χ4n) is 4.56. The predicted molar refractivity (Wildman–Crippen MR) is 135 cm³/mol. The molecule has 10 heteroatoms. The quantitative estimate of drug-likeness (QED) is 0.325. The summed E-state index contributed by atoms with van der Waals surface area (Å²) in [6, 6.07) is 7.10. The average molecular weight is 519 g/mol. The average Bonchev–Trinajstić information content (AvgIpc) is 3.20. The van der Waals surface area contributed by atoms with E-state index in [0.29, 0.717) is 28.1 Å². The minimum Gasteiger partial charge on any atom is -0.359 e. The fraction of sp³-hybridized carbons (Fsp3) is 0.480. The van der Waals surface area contributed by atoms with Crippen molar-refractivity contribution in [3.63, 3.8) is 0 Å². The summed E-state index contributed by atoms with van der Waals surface area (Å²) < 4.78 is 40.5. The molecule has 1 aliphatic carbocycles. The number of amidine groups is 1. The minimum absolute atomic E-state index is 0.00829. The van der Waals surface area contributed by atoms with Crippen LogP contribution < -0.4 is 5.32 Å². The number of anilines is 1. The highest BCUT2D eigenvalue weighted by molar-refractivity contribution is 7.90. The molecule has 0 saturated heterocycles. The highest BCUT2D eigenvalue weighted by Gasteiger charge is 2.52. The number of benzene rings is 1. The summed E-state index contributed by atoms with van der Waals surface area (Å²) in [5.41, 5.74) is 0.585. The van der Waals surface area contributed by atoms with E-state index in [4.69, 9.17) is 9.47 Å². The number of hydrogen-bond donors (Lipinski definition) is 1. The van der Waals surface area contributed by atoms with Crippen LogP contribution in [0.25, 0.3) is 0 Å². The summed E-state index contributed by atoms with van der Waals surface area (Å²) in [7, 11) is -2.68. The van der Waals surface area contributed by atoms with E-state index in [9.17, 15) is 18.0 Å². The largest absolute Gasteiger partial charge is 0.359 e. The van der Waals surface area contributed by atoms with Gasteiger partial charge >= 0.3 is 0 Å². The first-order valence-electron chi connectivity index (χ1n) is 11.4. The number of thiophene rings is 1. The van der Waals surface area contributed by atoms with Crippen LogP contribution in [-0.4, -0.2) is 39.7 Å². The Morgan fingerprint density at radius 1 is 1.20 bits per heavy atom. The molecule has 0 fully saturated rings. The molecule has 4 rings (SSSR count). The van der Waals surface area contributed by atoms with Crippen LogP contribution in [0.2, 0.25) is 0 Å². The van der Waals surface area contributed by atoms with E-state index in [2.05, 4.69) is 30.5 Å². The number of hydrogen-bond acceptors (Lipinski definition) is 8. The number of sulfonamides is 1. The van der Waals surface area contributed by atoms with Crippen molar-refractivity contribution in [2.75, 3.05) is 19.2 Å². The third kappa shape index (κ3) is 4.72. The lowest BCUT2D eigenvalue weighted by atomic mass is 9.62. The molecular weight excluding hydrogens is 488 g/mol. The van der Waals surface area contributed by atoms with E-state index in [0.717, 1.165) is 6.42 Å². The molecule has 2 aromatic rings. The third-order valence-corrected chi connectivity index (χ3v) is 8.99. The first-order chi connectivity index (χ1) is 16.4. The topological polar surface area (TPSA) is 111 Å². The van der Waals surface area contributed by atoms with Gasteiger partial charge in [0.1, 0.15) is 28.4 Å². The van der Waals surface area contributed by atoms with E-state index in [-0.39, 0.29) is 35.3 Å². The molecule has 2 aliphatic rings. The number of ether oxygens (including phenoxy) is 2. The molecule has 1 aromatic heterocycles. The summed E-state index contributed by atoms with van der Waals surface area (Å²) in [5.74, 6) is -2.25. The second kappa shape index (κ2) is 9.24. The van der Waals surface area contributed by atoms with Gasteiger partial charge in [0.2, 0.25) is 0 Å². The number of nitrogens with zero attached hydrogens (tertiary/aromatic N) is 1. The van der Waals surface area contributed by atoms with Crippen LogP contribution in [-0.2, 0) is 36.3 Å². The summed E-state index contributed by atoms with van der Waals surface area (Å²) in [6.07, 6.45) is 1.28. The number of nitrogens with one attached hydrogen (secondary N) is 1. The number of rotatable bonds is 7. The molecule has 2 heterocycles. The standard InChI is InChI=1S/C25H30N2O6S2/c1-24(2,3)10-11-25(4)17-9-7-6-8-16(17)19(28)18(21(25)29)22-26-23-20(35(30,31)27-22)15(13-34-23)12-33-14-32-5/h6-9,13,18H,10-12,14H2,1-5H3,(H,26,27)/t18?,25-/m1/s1. The molecule has 0 radical (unpaired) electrons. The molecule has 1 unspecified atom stereocenters. The van der Waals surface area contributed by atoms with Crippen molar-refractivity contribution in [1.82, 2.24) is 0 Å². The van der Waals surface area contributed by atoms with Gasteiger partial charge in [-0.05, 0) is 36.1 Å². The highest BCUT2D eigenvalue weighted by atomic mass is 32.2. The Bertz CT molecular complexity index is 1310. The van der Waals surface area contributed by atoms with Crippen LogP contribution in [0, 0.1) is 11.3 Å². The van der Waals surface area contributed by atoms with Crippen molar-refractivity contribution in [2.45, 2.75) is 57.5 Å². The fourth-order valence-corrected chi connectivity index (χ4v) is 7.18. The maximum Gasteiger partial charge on any atom is 0.287 e. The Morgan fingerprint density at radius 3 is 2.60 bits per heavy atom. The van der Waals surface area contributed by atoms with Crippen LogP contribution in [0.1, 0.15) is 62.0 Å². The van der Waals surface area contributed by atoms with Crippen LogP contribution in [0.5, 0.6) is 0 Å². The number of carbonyl (C=O) groups excluding carboxylic acids is 2. The normalized spacial score (nSPS) is 23.3. The third-order valence-electron chi connectivity index (χ3n) is 6.50. The van der Waals surface area contributed by atoms with Crippen LogP contribution in [0.15, 0.2) is 38.9 Å². The van der Waals surface area contributed by atoms with E-state index >= 15 is 0 Å². The monoisotopic (exact) mass is 518 g/mol. The first-order valence-corrected chi connectivity index (χ1v) is 13.7. The molecule has 35 heavy (non-hydrogen) atoms. The molecule has 1 N–H and O–H groups in total. The van der Waals surface area contributed by atoms with E-state index in [1.165, 1.54) is 18.4 Å². The first kappa shape index (κ1) is 25.7. The van der Waals surface area contributed by atoms with Gasteiger partial charge in [-0.2, -0.15) is 8.42 Å². The van der Waals surface area contributed by atoms with Gasteiger partial charge in [-0.1, -0.05) is 45.0 Å². The van der Waals surface area contributed by atoms with Crippen molar-refractivity contribution < 1.29 is 27.5 Å². The Kier molecular flexibility index (Phi) is 6.78. The van der Waals surface area contributed by atoms with Gasteiger partial charge in [0.25, 0.3) is 10.0 Å². The van der Waals surface area contributed by atoms with Crippen molar-refractivity contribution in [2.24, 2.45) is 15.7 Å². The van der Waals surface area contributed by atoms with Crippen LogP contribution in [0.3, 0.4) is 0 Å². The lowest BCUT2D eigenvalue weighted by molar-refractivity contribution is -0.125. The van der Waals surface area contributed by atoms with Gasteiger partial charge in [-0.3, -0.25) is 9.59 Å². The van der Waals surface area contributed by atoms with Crippen molar-refractivity contribution in [3.05, 3.63) is 46.3 Å². The van der Waals surface area contributed by atoms with E-state index in [1.807, 2.05) is 19.1 Å². The van der Waals surface area contributed by atoms with Crippen molar-refractivity contribution in [3.8, 4) is 0 Å². The zero-order valence-electron chi connectivity index (χ0n) is 20.5. The molecule has 1 aliphatic heterocycles.